The summed E-state index contributed by atoms with van der Waals surface area (Å²) < 4.78 is 50.7. The number of hydrogen-bond donors (Lipinski definition) is 1. The van der Waals surface area contributed by atoms with Gasteiger partial charge in [-0.1, -0.05) is 49.6 Å². The summed E-state index contributed by atoms with van der Waals surface area (Å²) in [6.07, 6.45) is 2.35. The molecule has 2 rings (SSSR count). The van der Waals surface area contributed by atoms with Crippen molar-refractivity contribution in [2.45, 2.75) is 31.6 Å². The highest BCUT2D eigenvalue weighted by molar-refractivity contribution is 6.32. The van der Waals surface area contributed by atoms with E-state index in [1.165, 1.54) is 24.3 Å². The molecule has 150 valence electrons. The first-order chi connectivity index (χ1) is 13.3. The maximum atomic E-state index is 15.4. The topological polar surface area (TPSA) is 70.3 Å². The number of carbonyl (C=O) groups is 1. The van der Waals surface area contributed by atoms with Crippen molar-refractivity contribution in [3.63, 3.8) is 0 Å². The number of unbranched alkanes of at least 4 members (excludes halogenated alkanes) is 2. The monoisotopic (exact) mass is 413 g/mol. The number of halogens is 4. The van der Waals surface area contributed by atoms with Gasteiger partial charge in [-0.05, 0) is 18.1 Å². The minimum absolute atomic E-state index is 0.101. The number of hydrogen-bond acceptors (Lipinski definition) is 3. The van der Waals surface area contributed by atoms with Crippen molar-refractivity contribution in [2.75, 3.05) is 13.2 Å². The summed E-state index contributed by atoms with van der Waals surface area (Å²) in [7, 11) is 0. The molecule has 8 heteroatoms. The molecule has 0 bridgehead atoms. The number of aliphatic carboxylic acids is 1. The molecular weight excluding hydrogens is 395 g/mol. The van der Waals surface area contributed by atoms with Gasteiger partial charge in [0.1, 0.15) is 17.2 Å². The van der Waals surface area contributed by atoms with Crippen LogP contribution >= 0.6 is 11.6 Å². The summed E-state index contributed by atoms with van der Waals surface area (Å²) in [5, 5.41) is 17.5. The van der Waals surface area contributed by atoms with Crippen molar-refractivity contribution >= 4 is 17.6 Å². The minimum atomic E-state index is -2.45. The Morgan fingerprint density at radius 2 is 1.96 bits per heavy atom. The number of nitriles is 1. The number of ether oxygens (including phenoxy) is 1. The molecular formula is C20H19ClF3NO3. The lowest BCUT2D eigenvalue weighted by Gasteiger charge is -2.36. The predicted octanol–water partition coefficient (Wildman–Crippen LogP) is 5.29. The number of nitrogens with zero attached hydrogens (tertiary/aromatic N) is 1. The van der Waals surface area contributed by atoms with Crippen LogP contribution < -0.4 is 0 Å². The molecule has 28 heavy (non-hydrogen) atoms. The molecule has 0 aliphatic heterocycles. The zero-order valence-electron chi connectivity index (χ0n) is 15.1. The fourth-order valence-corrected chi connectivity index (χ4v) is 3.51. The zero-order valence-corrected chi connectivity index (χ0v) is 15.9. The van der Waals surface area contributed by atoms with Crippen LogP contribution in [-0.2, 0) is 14.9 Å². The first kappa shape index (κ1) is 22.0. The lowest BCUT2D eigenvalue weighted by molar-refractivity contribution is -0.139. The summed E-state index contributed by atoms with van der Waals surface area (Å²) in [4.78, 5) is 11.3. The normalized spacial score (nSPS) is 22.4. The van der Waals surface area contributed by atoms with Gasteiger partial charge in [0.25, 0.3) is 0 Å². The van der Waals surface area contributed by atoms with Crippen LogP contribution in [0.4, 0.5) is 13.2 Å². The number of benzene rings is 1. The van der Waals surface area contributed by atoms with Crippen molar-refractivity contribution in [2.24, 2.45) is 5.92 Å². The highest BCUT2D eigenvalue weighted by Crippen LogP contribution is 2.52. The van der Waals surface area contributed by atoms with E-state index in [0.29, 0.717) is 6.42 Å². The van der Waals surface area contributed by atoms with Gasteiger partial charge in [-0.15, -0.1) is 0 Å². The molecule has 0 spiro atoms. The fourth-order valence-electron chi connectivity index (χ4n) is 3.16. The largest absolute Gasteiger partial charge is 0.480 e. The van der Waals surface area contributed by atoms with E-state index >= 15 is 8.78 Å². The van der Waals surface area contributed by atoms with E-state index in [1.54, 1.807) is 0 Å². The second-order valence-corrected chi connectivity index (χ2v) is 6.82. The molecule has 0 aromatic heterocycles. The number of carboxylic acid groups (broad SMARTS) is 1. The van der Waals surface area contributed by atoms with Crippen LogP contribution in [0.3, 0.4) is 0 Å². The number of rotatable bonds is 8. The Labute approximate surface area is 165 Å². The van der Waals surface area contributed by atoms with E-state index in [9.17, 15) is 14.4 Å². The summed E-state index contributed by atoms with van der Waals surface area (Å²) >= 11 is 5.83. The first-order valence-electron chi connectivity index (χ1n) is 8.74. The van der Waals surface area contributed by atoms with Crippen LogP contribution in [0.2, 0.25) is 0 Å². The van der Waals surface area contributed by atoms with Gasteiger partial charge in [-0.3, -0.25) is 4.79 Å². The Morgan fingerprint density at radius 1 is 1.29 bits per heavy atom. The van der Waals surface area contributed by atoms with Crippen molar-refractivity contribution in [1.82, 2.24) is 0 Å². The maximum Gasteiger partial charge on any atom is 0.319 e. The Kier molecular flexibility index (Phi) is 7.28. The van der Waals surface area contributed by atoms with Crippen LogP contribution in [-0.4, -0.2) is 24.3 Å². The van der Waals surface area contributed by atoms with E-state index < -0.39 is 46.4 Å². The summed E-state index contributed by atoms with van der Waals surface area (Å²) in [5.74, 6) is -8.83. The molecule has 1 N–H and O–H groups in total. The van der Waals surface area contributed by atoms with Crippen LogP contribution in [0.5, 0.6) is 0 Å². The molecule has 1 aromatic rings. The molecule has 0 saturated heterocycles. The molecule has 0 heterocycles. The van der Waals surface area contributed by atoms with Gasteiger partial charge in [0.2, 0.25) is 0 Å². The fraction of sp³-hybridized carbons (Fsp3) is 0.400. The molecule has 4 nitrogen and oxygen atoms in total. The van der Waals surface area contributed by atoms with Gasteiger partial charge in [0.15, 0.2) is 11.7 Å². The lowest BCUT2D eigenvalue weighted by Crippen LogP contribution is -2.40. The molecule has 1 aliphatic rings. The van der Waals surface area contributed by atoms with E-state index in [4.69, 9.17) is 21.4 Å². The molecule has 0 saturated carbocycles. The van der Waals surface area contributed by atoms with E-state index in [0.717, 1.165) is 12.8 Å². The zero-order chi connectivity index (χ0) is 20.9. The summed E-state index contributed by atoms with van der Waals surface area (Å²) in [6, 6.07) is 7.33. The van der Waals surface area contributed by atoms with Crippen molar-refractivity contribution in [3.05, 3.63) is 57.9 Å². The van der Waals surface area contributed by atoms with Gasteiger partial charge in [-0.2, -0.15) is 5.26 Å². The molecule has 2 atom stereocenters. The van der Waals surface area contributed by atoms with Crippen LogP contribution in [0.1, 0.15) is 37.3 Å². The van der Waals surface area contributed by atoms with Gasteiger partial charge in [0.05, 0.1) is 23.3 Å². The van der Waals surface area contributed by atoms with E-state index in [2.05, 4.69) is 0 Å². The van der Waals surface area contributed by atoms with Gasteiger partial charge < -0.3 is 9.84 Å². The van der Waals surface area contributed by atoms with Gasteiger partial charge in [0, 0.05) is 6.61 Å². The third-order valence-corrected chi connectivity index (χ3v) is 5.02. The summed E-state index contributed by atoms with van der Waals surface area (Å²) in [6.45, 7) is 1.47. The Hall–Kier alpha value is -2.30. The Bertz CT molecular complexity index is 834. The predicted molar refractivity (Wildman–Crippen MR) is 97.5 cm³/mol. The average molecular weight is 414 g/mol. The third kappa shape index (κ3) is 3.80. The number of carboxylic acids is 1. The van der Waals surface area contributed by atoms with Crippen LogP contribution in [0.25, 0.3) is 0 Å². The van der Waals surface area contributed by atoms with Gasteiger partial charge >= 0.3 is 5.97 Å². The average Bonchev–Trinajstić information content (AvgIpc) is 2.68. The third-order valence-electron chi connectivity index (χ3n) is 4.64. The van der Waals surface area contributed by atoms with E-state index in [-0.39, 0.29) is 17.7 Å². The van der Waals surface area contributed by atoms with Crippen molar-refractivity contribution in [1.29, 1.82) is 5.26 Å². The smallest absolute Gasteiger partial charge is 0.319 e. The van der Waals surface area contributed by atoms with E-state index in [1.807, 2.05) is 13.0 Å². The van der Waals surface area contributed by atoms with Crippen LogP contribution in [0, 0.1) is 17.2 Å². The second kappa shape index (κ2) is 9.26. The lowest BCUT2D eigenvalue weighted by atomic mass is 9.72. The Balaban J connectivity index is 2.65. The molecule has 0 radical (unpaired) electrons. The highest BCUT2D eigenvalue weighted by Gasteiger charge is 2.54. The van der Waals surface area contributed by atoms with Crippen molar-refractivity contribution < 1.29 is 27.8 Å². The molecule has 2 unspecified atom stereocenters. The quantitative estimate of drug-likeness (QED) is 0.588. The minimum Gasteiger partial charge on any atom is -0.480 e. The highest BCUT2D eigenvalue weighted by atomic mass is 35.5. The summed E-state index contributed by atoms with van der Waals surface area (Å²) in [5.41, 5.74) is -2.73. The Morgan fingerprint density at radius 3 is 2.57 bits per heavy atom. The maximum absolute atomic E-state index is 15.4. The molecule has 0 fully saturated rings. The molecule has 0 amide bonds. The second-order valence-electron chi connectivity index (χ2n) is 6.42. The van der Waals surface area contributed by atoms with Crippen molar-refractivity contribution in [3.8, 4) is 6.07 Å². The van der Waals surface area contributed by atoms with Crippen LogP contribution in [0.15, 0.2) is 46.8 Å². The van der Waals surface area contributed by atoms with Gasteiger partial charge in [-0.25, -0.2) is 13.2 Å². The SMILES string of the molecule is CCCCCOCC1(c2ccccc2C#N)C(F)=C(F)C(C(=O)O)C(Cl)=C1F. The first-order valence-corrected chi connectivity index (χ1v) is 9.12. The molecule has 1 aliphatic carbocycles. The standard InChI is InChI=1S/C20H19ClF3NO3/c1-2-3-6-9-28-11-20(13-8-5-4-7-12(13)10-25)17(23)15(21)14(19(26)27)16(22)18(20)24/h4-5,7-8,14H,2-3,6,9,11H2,1H3,(H,26,27). The molecule has 1 aromatic carbocycles.